The molecule has 0 unspecified atom stereocenters. The van der Waals surface area contributed by atoms with E-state index in [0.29, 0.717) is 6.54 Å². The normalized spacial score (nSPS) is 11.0. The molecule has 5 nitrogen and oxygen atoms in total. The average molecular weight is 307 g/mol. The maximum absolute atomic E-state index is 11.5. The van der Waals surface area contributed by atoms with Crippen molar-refractivity contribution in [1.82, 2.24) is 5.32 Å². The summed E-state index contributed by atoms with van der Waals surface area (Å²) in [5.41, 5.74) is 3.10. The molecular formula is C17H29N3O2. The van der Waals surface area contributed by atoms with Gasteiger partial charge < -0.3 is 20.3 Å². The van der Waals surface area contributed by atoms with Crippen molar-refractivity contribution in [3.63, 3.8) is 0 Å². The van der Waals surface area contributed by atoms with Crippen molar-refractivity contribution < 1.29 is 9.53 Å². The lowest BCUT2D eigenvalue weighted by Crippen LogP contribution is -2.33. The largest absolute Gasteiger partial charge is 0.444 e. The molecule has 22 heavy (non-hydrogen) atoms. The first kappa shape index (κ1) is 18.1. The third kappa shape index (κ3) is 6.70. The number of nitrogens with one attached hydrogen (secondary N) is 2. The number of ether oxygens (including phenoxy) is 1. The lowest BCUT2D eigenvalue weighted by atomic mass is 10.1. The van der Waals surface area contributed by atoms with E-state index in [-0.39, 0.29) is 6.09 Å². The molecule has 0 aliphatic carbocycles. The number of rotatable bonds is 6. The summed E-state index contributed by atoms with van der Waals surface area (Å²) in [6.07, 6.45) is 0.475. The molecule has 0 aromatic heterocycles. The first-order chi connectivity index (χ1) is 10.2. The van der Waals surface area contributed by atoms with Crippen LogP contribution >= 0.6 is 0 Å². The zero-order valence-corrected chi connectivity index (χ0v) is 14.6. The zero-order valence-electron chi connectivity index (χ0n) is 14.6. The molecule has 0 aliphatic heterocycles. The fraction of sp³-hybridized carbons (Fsp3) is 0.588. The van der Waals surface area contributed by atoms with E-state index in [2.05, 4.69) is 40.7 Å². The van der Waals surface area contributed by atoms with Crippen molar-refractivity contribution >= 4 is 17.5 Å². The summed E-state index contributed by atoms with van der Waals surface area (Å²) in [6, 6.07) is 6.32. The highest BCUT2D eigenvalue weighted by Gasteiger charge is 2.15. The average Bonchev–Trinajstić information content (AvgIpc) is 2.37. The van der Waals surface area contributed by atoms with E-state index < -0.39 is 5.60 Å². The minimum atomic E-state index is -0.452. The molecule has 0 aliphatic rings. The zero-order chi connectivity index (χ0) is 16.8. The van der Waals surface area contributed by atoms with Gasteiger partial charge in [-0.05, 0) is 51.8 Å². The number of aryl methyl sites for hydroxylation is 1. The fourth-order valence-corrected chi connectivity index (χ4v) is 2.03. The summed E-state index contributed by atoms with van der Waals surface area (Å²) in [6.45, 7) is 9.06. The fourth-order valence-electron chi connectivity index (χ4n) is 2.03. The van der Waals surface area contributed by atoms with E-state index in [0.717, 1.165) is 18.7 Å². The van der Waals surface area contributed by atoms with Crippen LogP contribution in [0.3, 0.4) is 0 Å². The Labute approximate surface area is 134 Å². The molecule has 2 N–H and O–H groups in total. The summed E-state index contributed by atoms with van der Waals surface area (Å²) >= 11 is 0. The Kier molecular flexibility index (Phi) is 6.53. The van der Waals surface area contributed by atoms with Gasteiger partial charge in [0, 0.05) is 38.6 Å². The van der Waals surface area contributed by atoms with Gasteiger partial charge in [-0.15, -0.1) is 0 Å². The first-order valence-electron chi connectivity index (χ1n) is 7.68. The van der Waals surface area contributed by atoms with Gasteiger partial charge in [-0.25, -0.2) is 4.79 Å². The molecule has 0 fully saturated rings. The second-order valence-electron chi connectivity index (χ2n) is 6.60. The second kappa shape index (κ2) is 7.92. The quantitative estimate of drug-likeness (QED) is 0.791. The number of nitrogens with zero attached hydrogens (tertiary/aromatic N) is 1. The monoisotopic (exact) mass is 307 g/mol. The number of hydrogen-bond donors (Lipinski definition) is 2. The summed E-state index contributed by atoms with van der Waals surface area (Å²) in [5, 5.41) is 6.13. The van der Waals surface area contributed by atoms with Crippen molar-refractivity contribution in [2.24, 2.45) is 0 Å². The Balaban J connectivity index is 2.31. The van der Waals surface area contributed by atoms with E-state index in [4.69, 9.17) is 4.74 Å². The molecule has 0 saturated heterocycles. The summed E-state index contributed by atoms with van der Waals surface area (Å²) in [4.78, 5) is 13.6. The van der Waals surface area contributed by atoms with Crippen LogP contribution in [0.25, 0.3) is 0 Å². The van der Waals surface area contributed by atoms with Crippen LogP contribution in [0.1, 0.15) is 32.8 Å². The number of amides is 1. The standard InChI is InChI=1S/C17H29N3O2/c1-13-8-9-14(12-15(13)20(5)6)18-10-7-11-19-16(21)22-17(2,3)4/h8-9,12,18H,7,10-11H2,1-6H3,(H,19,21). The van der Waals surface area contributed by atoms with E-state index in [1.165, 1.54) is 11.3 Å². The van der Waals surface area contributed by atoms with Gasteiger partial charge in [-0.3, -0.25) is 0 Å². The molecule has 0 saturated carbocycles. The highest BCUT2D eigenvalue weighted by atomic mass is 16.6. The van der Waals surface area contributed by atoms with Crippen molar-refractivity contribution in [3.8, 4) is 0 Å². The van der Waals surface area contributed by atoms with Crippen molar-refractivity contribution in [1.29, 1.82) is 0 Å². The topological polar surface area (TPSA) is 53.6 Å². The van der Waals surface area contributed by atoms with E-state index in [1.54, 1.807) is 0 Å². The molecule has 0 spiro atoms. The molecule has 0 heterocycles. The molecule has 1 aromatic carbocycles. The Morgan fingerprint density at radius 3 is 2.50 bits per heavy atom. The summed E-state index contributed by atoms with van der Waals surface area (Å²) in [7, 11) is 4.08. The minimum Gasteiger partial charge on any atom is -0.444 e. The number of hydrogen-bond acceptors (Lipinski definition) is 4. The van der Waals surface area contributed by atoms with Crippen molar-refractivity contribution in [2.45, 2.75) is 39.7 Å². The van der Waals surface area contributed by atoms with Crippen LogP contribution < -0.4 is 15.5 Å². The van der Waals surface area contributed by atoms with E-state index >= 15 is 0 Å². The number of alkyl carbamates (subject to hydrolysis) is 1. The smallest absolute Gasteiger partial charge is 0.407 e. The summed E-state index contributed by atoms with van der Waals surface area (Å²) < 4.78 is 5.18. The molecule has 0 bridgehead atoms. The molecule has 1 amide bonds. The molecule has 5 heteroatoms. The van der Waals surface area contributed by atoms with Crippen LogP contribution in [-0.4, -0.2) is 38.9 Å². The van der Waals surface area contributed by atoms with Crippen LogP contribution in [-0.2, 0) is 4.74 Å². The van der Waals surface area contributed by atoms with Crippen molar-refractivity contribution in [2.75, 3.05) is 37.4 Å². The molecule has 124 valence electrons. The molecular weight excluding hydrogens is 278 g/mol. The highest BCUT2D eigenvalue weighted by Crippen LogP contribution is 2.22. The Morgan fingerprint density at radius 2 is 1.91 bits per heavy atom. The Hall–Kier alpha value is -1.91. The SMILES string of the molecule is Cc1ccc(NCCCNC(=O)OC(C)(C)C)cc1N(C)C. The third-order valence-electron chi connectivity index (χ3n) is 3.04. The number of benzene rings is 1. The van der Waals surface area contributed by atoms with Gasteiger partial charge in [-0.2, -0.15) is 0 Å². The van der Waals surface area contributed by atoms with E-state index in [1.807, 2.05) is 34.9 Å². The Morgan fingerprint density at radius 1 is 1.23 bits per heavy atom. The van der Waals surface area contributed by atoms with Gasteiger partial charge in [0.15, 0.2) is 0 Å². The predicted molar refractivity (Wildman–Crippen MR) is 92.8 cm³/mol. The maximum Gasteiger partial charge on any atom is 0.407 e. The van der Waals surface area contributed by atoms with Crippen LogP contribution in [0.4, 0.5) is 16.2 Å². The third-order valence-corrected chi connectivity index (χ3v) is 3.04. The molecule has 0 atom stereocenters. The van der Waals surface area contributed by atoms with E-state index in [9.17, 15) is 4.79 Å². The van der Waals surface area contributed by atoms with Crippen LogP contribution in [0, 0.1) is 6.92 Å². The van der Waals surface area contributed by atoms with Gasteiger partial charge >= 0.3 is 6.09 Å². The van der Waals surface area contributed by atoms with Crippen molar-refractivity contribution in [3.05, 3.63) is 23.8 Å². The van der Waals surface area contributed by atoms with Crippen LogP contribution in [0.15, 0.2) is 18.2 Å². The van der Waals surface area contributed by atoms with Gasteiger partial charge in [0.2, 0.25) is 0 Å². The van der Waals surface area contributed by atoms with Gasteiger partial charge in [0.1, 0.15) is 5.60 Å². The van der Waals surface area contributed by atoms with Crippen LogP contribution in [0.5, 0.6) is 0 Å². The predicted octanol–water partition coefficient (Wildman–Crippen LogP) is 3.39. The minimum absolute atomic E-state index is 0.363. The molecule has 1 aromatic rings. The van der Waals surface area contributed by atoms with Gasteiger partial charge in [0.05, 0.1) is 0 Å². The number of carbonyl (C=O) groups excluding carboxylic acids is 1. The lowest BCUT2D eigenvalue weighted by molar-refractivity contribution is 0.0528. The number of carbonyl (C=O) groups is 1. The lowest BCUT2D eigenvalue weighted by Gasteiger charge is -2.19. The molecule has 1 rings (SSSR count). The Bertz CT molecular complexity index is 493. The maximum atomic E-state index is 11.5. The molecule has 0 radical (unpaired) electrons. The first-order valence-corrected chi connectivity index (χ1v) is 7.68. The highest BCUT2D eigenvalue weighted by molar-refractivity contribution is 5.67. The summed E-state index contributed by atoms with van der Waals surface area (Å²) in [5.74, 6) is 0. The van der Waals surface area contributed by atoms with Crippen LogP contribution in [0.2, 0.25) is 0 Å². The number of anilines is 2. The second-order valence-corrected chi connectivity index (χ2v) is 6.60. The van der Waals surface area contributed by atoms with Gasteiger partial charge in [-0.1, -0.05) is 6.07 Å². The van der Waals surface area contributed by atoms with Gasteiger partial charge in [0.25, 0.3) is 0 Å².